The number of anilines is 1. The molecular weight excluding hydrogens is 426 g/mol. The van der Waals surface area contributed by atoms with Crippen LogP contribution in [0.15, 0.2) is 53.9 Å². The summed E-state index contributed by atoms with van der Waals surface area (Å²) in [5, 5.41) is 3.54. The monoisotopic (exact) mass is 451 g/mol. The van der Waals surface area contributed by atoms with E-state index in [0.717, 1.165) is 24.0 Å². The van der Waals surface area contributed by atoms with Gasteiger partial charge in [0.15, 0.2) is 5.76 Å². The fourth-order valence-electron chi connectivity index (χ4n) is 5.02. The van der Waals surface area contributed by atoms with Gasteiger partial charge in [0.05, 0.1) is 0 Å². The quantitative estimate of drug-likeness (QED) is 0.712. The van der Waals surface area contributed by atoms with Crippen molar-refractivity contribution in [3.05, 3.63) is 64.5 Å². The molecular formula is C25H26ClN3O3. The van der Waals surface area contributed by atoms with Gasteiger partial charge in [0.1, 0.15) is 17.6 Å². The normalized spacial score (nSPS) is 19.3. The highest BCUT2D eigenvalue weighted by molar-refractivity contribution is 6.31. The third-order valence-corrected chi connectivity index (χ3v) is 7.05. The number of nitrogens with one attached hydrogen (secondary N) is 1. The van der Waals surface area contributed by atoms with Gasteiger partial charge in [-0.15, -0.1) is 0 Å². The van der Waals surface area contributed by atoms with Crippen molar-refractivity contribution in [2.24, 2.45) is 5.92 Å². The summed E-state index contributed by atoms with van der Waals surface area (Å²) >= 11 is 6.37. The second kappa shape index (κ2) is 8.94. The van der Waals surface area contributed by atoms with Crippen LogP contribution >= 0.6 is 11.6 Å². The third-order valence-electron chi connectivity index (χ3n) is 6.69. The van der Waals surface area contributed by atoms with Crippen molar-refractivity contribution in [1.82, 2.24) is 9.88 Å². The van der Waals surface area contributed by atoms with Crippen molar-refractivity contribution < 1.29 is 14.3 Å². The molecule has 1 fully saturated rings. The van der Waals surface area contributed by atoms with Crippen molar-refractivity contribution in [3.8, 4) is 5.75 Å². The van der Waals surface area contributed by atoms with E-state index in [1.54, 1.807) is 23.2 Å². The number of ether oxygens (including phenoxy) is 1. The van der Waals surface area contributed by atoms with E-state index in [9.17, 15) is 9.59 Å². The fraction of sp³-hybridized carbons (Fsp3) is 0.400. The predicted molar refractivity (Wildman–Crippen MR) is 122 cm³/mol. The smallest absolute Gasteiger partial charge is 0.290 e. The Bertz CT molecular complexity index is 1060. The standard InChI is InChI=1S/C25H26ClN3O3/c26-19-9-6-10-21-18(19)14-17-15-29(25(31)23(17)32-21)20(13-16-7-2-1-3-8-16)24(30)28-22-11-4-5-12-27-22/h4-6,9-12,16,20H,1-3,7-8,13-15H2,(H,27,28,30)/t20-/m0/s1. The van der Waals surface area contributed by atoms with Gasteiger partial charge >= 0.3 is 0 Å². The van der Waals surface area contributed by atoms with Crippen LogP contribution in [0.4, 0.5) is 5.82 Å². The van der Waals surface area contributed by atoms with Crippen molar-refractivity contribution in [1.29, 1.82) is 0 Å². The van der Waals surface area contributed by atoms with Crippen LogP contribution in [-0.2, 0) is 16.0 Å². The number of nitrogens with zero attached hydrogens (tertiary/aromatic N) is 2. The molecule has 1 saturated carbocycles. The van der Waals surface area contributed by atoms with Crippen LogP contribution in [-0.4, -0.2) is 34.3 Å². The molecule has 0 saturated heterocycles. The minimum absolute atomic E-state index is 0.196. The number of pyridine rings is 1. The van der Waals surface area contributed by atoms with Crippen molar-refractivity contribution in [2.45, 2.75) is 51.0 Å². The first-order chi connectivity index (χ1) is 15.6. The second-order valence-electron chi connectivity index (χ2n) is 8.82. The van der Waals surface area contributed by atoms with Crippen LogP contribution in [0.5, 0.6) is 5.75 Å². The number of carbonyl (C=O) groups excluding carboxylic acids is 2. The second-order valence-corrected chi connectivity index (χ2v) is 9.23. The lowest BCUT2D eigenvalue weighted by atomic mass is 9.84. The van der Waals surface area contributed by atoms with Gasteiger partial charge in [-0.2, -0.15) is 0 Å². The van der Waals surface area contributed by atoms with Crippen molar-refractivity contribution in [3.63, 3.8) is 0 Å². The van der Waals surface area contributed by atoms with Gasteiger partial charge in [0, 0.05) is 35.3 Å². The third kappa shape index (κ3) is 4.11. The first kappa shape index (κ1) is 21.0. The molecule has 2 amide bonds. The number of hydrogen-bond acceptors (Lipinski definition) is 4. The zero-order valence-electron chi connectivity index (χ0n) is 17.9. The minimum Gasteiger partial charge on any atom is -0.451 e. The molecule has 1 aromatic carbocycles. The summed E-state index contributed by atoms with van der Waals surface area (Å²) in [6.45, 7) is 0.381. The zero-order chi connectivity index (χ0) is 22.1. The summed E-state index contributed by atoms with van der Waals surface area (Å²) < 4.78 is 5.98. The number of carbonyl (C=O) groups is 2. The van der Waals surface area contributed by atoms with E-state index in [2.05, 4.69) is 10.3 Å². The summed E-state index contributed by atoms with van der Waals surface area (Å²) in [5.41, 5.74) is 1.78. The van der Waals surface area contributed by atoms with Gasteiger partial charge in [0.2, 0.25) is 5.91 Å². The Balaban J connectivity index is 1.38. The lowest BCUT2D eigenvalue weighted by Crippen LogP contribution is -2.47. The summed E-state index contributed by atoms with van der Waals surface area (Å²) in [7, 11) is 0. The van der Waals surface area contributed by atoms with Crippen LogP contribution < -0.4 is 10.1 Å². The molecule has 0 spiro atoms. The number of halogens is 1. The molecule has 2 aromatic rings. The molecule has 2 aliphatic heterocycles. The lowest BCUT2D eigenvalue weighted by molar-refractivity contribution is -0.135. The molecule has 0 bridgehead atoms. The van der Waals surface area contributed by atoms with Gasteiger partial charge in [-0.25, -0.2) is 4.98 Å². The molecule has 5 rings (SSSR count). The Hall–Kier alpha value is -2.86. The Morgan fingerprint density at radius 1 is 1.19 bits per heavy atom. The molecule has 0 radical (unpaired) electrons. The average Bonchev–Trinajstić information content (AvgIpc) is 3.13. The largest absolute Gasteiger partial charge is 0.451 e. The molecule has 1 N–H and O–H groups in total. The molecule has 3 aliphatic rings. The fourth-order valence-corrected chi connectivity index (χ4v) is 5.26. The van der Waals surface area contributed by atoms with E-state index < -0.39 is 6.04 Å². The highest BCUT2D eigenvalue weighted by Crippen LogP contribution is 2.39. The molecule has 6 nitrogen and oxygen atoms in total. The van der Waals surface area contributed by atoms with E-state index in [1.807, 2.05) is 24.3 Å². The number of benzene rings is 1. The molecule has 1 aromatic heterocycles. The highest BCUT2D eigenvalue weighted by atomic mass is 35.5. The van der Waals surface area contributed by atoms with Gasteiger partial charge in [0.25, 0.3) is 5.91 Å². The topological polar surface area (TPSA) is 71.5 Å². The Morgan fingerprint density at radius 2 is 2.03 bits per heavy atom. The van der Waals surface area contributed by atoms with Crippen molar-refractivity contribution >= 4 is 29.2 Å². The molecule has 166 valence electrons. The summed E-state index contributed by atoms with van der Waals surface area (Å²) in [6.07, 6.45) is 8.65. The molecule has 1 aliphatic carbocycles. The Kier molecular flexibility index (Phi) is 5.87. The van der Waals surface area contributed by atoms with Crippen LogP contribution in [0.2, 0.25) is 5.02 Å². The zero-order valence-corrected chi connectivity index (χ0v) is 18.6. The number of fused-ring (bicyclic) bond motifs is 1. The molecule has 7 heteroatoms. The summed E-state index contributed by atoms with van der Waals surface area (Å²) in [5.74, 6) is 1.47. The molecule has 0 unspecified atom stereocenters. The van der Waals surface area contributed by atoms with Crippen LogP contribution in [0.3, 0.4) is 0 Å². The lowest BCUT2D eigenvalue weighted by Gasteiger charge is -2.31. The van der Waals surface area contributed by atoms with E-state index in [1.165, 1.54) is 19.3 Å². The summed E-state index contributed by atoms with van der Waals surface area (Å²) in [6, 6.07) is 10.3. The maximum absolute atomic E-state index is 13.4. The Morgan fingerprint density at radius 3 is 2.81 bits per heavy atom. The maximum atomic E-state index is 13.4. The first-order valence-electron chi connectivity index (χ1n) is 11.3. The number of amides is 2. The van der Waals surface area contributed by atoms with Gasteiger partial charge < -0.3 is 15.0 Å². The van der Waals surface area contributed by atoms with Crippen LogP contribution in [0, 0.1) is 5.92 Å². The number of hydrogen-bond donors (Lipinski definition) is 1. The van der Waals surface area contributed by atoms with E-state index in [0.29, 0.717) is 47.7 Å². The maximum Gasteiger partial charge on any atom is 0.290 e. The minimum atomic E-state index is -0.569. The first-order valence-corrected chi connectivity index (χ1v) is 11.7. The van der Waals surface area contributed by atoms with Gasteiger partial charge in [-0.05, 0) is 36.6 Å². The van der Waals surface area contributed by atoms with Gasteiger partial charge in [-0.3, -0.25) is 9.59 Å². The van der Waals surface area contributed by atoms with E-state index >= 15 is 0 Å². The SMILES string of the molecule is O=C(Nc1ccccn1)[C@H](CC1CCCCC1)N1CC2=C(Oc3cccc(Cl)c3C2)C1=O. The highest BCUT2D eigenvalue weighted by Gasteiger charge is 2.42. The van der Waals surface area contributed by atoms with E-state index in [-0.39, 0.29) is 11.8 Å². The van der Waals surface area contributed by atoms with Crippen molar-refractivity contribution in [2.75, 3.05) is 11.9 Å². The molecule has 1 atom stereocenters. The van der Waals surface area contributed by atoms with Crippen LogP contribution in [0.25, 0.3) is 0 Å². The number of rotatable bonds is 5. The predicted octanol–water partition coefficient (Wildman–Crippen LogP) is 4.74. The average molecular weight is 452 g/mol. The number of aromatic nitrogens is 1. The van der Waals surface area contributed by atoms with E-state index in [4.69, 9.17) is 16.3 Å². The summed E-state index contributed by atoms with van der Waals surface area (Å²) in [4.78, 5) is 32.7. The van der Waals surface area contributed by atoms with Gasteiger partial charge in [-0.1, -0.05) is 55.8 Å². The molecule has 3 heterocycles. The molecule has 32 heavy (non-hydrogen) atoms. The Labute approximate surface area is 192 Å². The van der Waals surface area contributed by atoms with Crippen LogP contribution in [0.1, 0.15) is 44.1 Å².